The second-order valence-electron chi connectivity index (χ2n) is 4.25. The number of fused-ring (bicyclic) bond motifs is 3. The molecule has 0 spiro atoms. The van der Waals surface area contributed by atoms with Gasteiger partial charge in [0, 0.05) is 36.4 Å². The van der Waals surface area contributed by atoms with E-state index >= 15 is 0 Å². The van der Waals surface area contributed by atoms with E-state index in [0.29, 0.717) is 0 Å². The molecule has 3 N–H and O–H groups in total. The minimum atomic E-state index is 0.872. The normalized spacial score (nSPS) is 15.7. The summed E-state index contributed by atoms with van der Waals surface area (Å²) >= 11 is 0. The number of hydrogen-bond donors (Lipinski definition) is 2. The maximum Gasteiger partial charge on any atom is 0.0575 e. The number of hydrogen-bond acceptors (Lipinski definition) is 2. The molecule has 1 aliphatic rings. The molecule has 0 bridgehead atoms. The number of nitrogens with one attached hydrogen (secondary N) is 1. The first kappa shape index (κ1) is 8.65. The molecule has 0 aliphatic carbocycles. The van der Waals surface area contributed by atoms with Crippen molar-refractivity contribution in [1.82, 2.24) is 4.98 Å². The number of aryl methyl sites for hydroxylation is 1. The summed E-state index contributed by atoms with van der Waals surface area (Å²) in [6, 6.07) is 4.30. The molecule has 78 valence electrons. The van der Waals surface area contributed by atoms with Crippen molar-refractivity contribution in [2.45, 2.75) is 12.8 Å². The number of benzene rings is 1. The van der Waals surface area contributed by atoms with Gasteiger partial charge >= 0.3 is 0 Å². The molecule has 3 nitrogen and oxygen atoms in total. The van der Waals surface area contributed by atoms with Crippen LogP contribution in [0.1, 0.15) is 12.0 Å². The summed E-state index contributed by atoms with van der Waals surface area (Å²) < 4.78 is 0. The molecule has 1 aromatic carbocycles. The van der Waals surface area contributed by atoms with Crippen LogP contribution in [-0.4, -0.2) is 18.6 Å². The number of H-pyrrole nitrogens is 1. The Morgan fingerprint density at radius 2 is 2.27 bits per heavy atom. The fraction of sp³-hybridized carbons (Fsp3) is 0.333. The molecule has 0 radical (unpaired) electrons. The lowest BCUT2D eigenvalue weighted by Crippen LogP contribution is -2.24. The number of rotatable bonds is 0. The van der Waals surface area contributed by atoms with Gasteiger partial charge in [0.05, 0.1) is 5.69 Å². The van der Waals surface area contributed by atoms with Crippen molar-refractivity contribution in [3.63, 3.8) is 0 Å². The van der Waals surface area contributed by atoms with Crippen molar-refractivity contribution in [3.8, 4) is 0 Å². The first-order chi connectivity index (χ1) is 7.27. The number of nitrogen functional groups attached to an aromatic ring is 1. The van der Waals surface area contributed by atoms with Crippen LogP contribution in [-0.2, 0) is 6.42 Å². The van der Waals surface area contributed by atoms with Gasteiger partial charge in [-0.05, 0) is 30.5 Å². The van der Waals surface area contributed by atoms with E-state index < -0.39 is 0 Å². The van der Waals surface area contributed by atoms with Crippen molar-refractivity contribution in [2.24, 2.45) is 0 Å². The van der Waals surface area contributed by atoms with Crippen molar-refractivity contribution < 1.29 is 0 Å². The maximum atomic E-state index is 6.00. The van der Waals surface area contributed by atoms with E-state index in [1.54, 1.807) is 0 Å². The predicted octanol–water partition coefficient (Wildman–Crippen LogP) is 2.13. The van der Waals surface area contributed by atoms with Crippen LogP contribution in [0.2, 0.25) is 0 Å². The van der Waals surface area contributed by atoms with Gasteiger partial charge in [-0.25, -0.2) is 0 Å². The first-order valence-corrected chi connectivity index (χ1v) is 5.37. The van der Waals surface area contributed by atoms with Crippen LogP contribution in [0, 0.1) is 0 Å². The highest BCUT2D eigenvalue weighted by Crippen LogP contribution is 2.35. The molecule has 0 amide bonds. The van der Waals surface area contributed by atoms with Crippen LogP contribution >= 0.6 is 0 Å². The lowest BCUT2D eigenvalue weighted by molar-refractivity contribution is 0.749. The Bertz CT molecular complexity index is 513. The molecule has 0 unspecified atom stereocenters. The minimum absolute atomic E-state index is 0.872. The van der Waals surface area contributed by atoms with Crippen LogP contribution in [0.15, 0.2) is 18.3 Å². The topological polar surface area (TPSA) is 45.0 Å². The molecule has 15 heavy (non-hydrogen) atoms. The highest BCUT2D eigenvalue weighted by atomic mass is 15.1. The molecule has 1 aromatic heterocycles. The van der Waals surface area contributed by atoms with Gasteiger partial charge in [-0.1, -0.05) is 0 Å². The minimum Gasteiger partial charge on any atom is -0.397 e. The first-order valence-electron chi connectivity index (χ1n) is 5.37. The van der Waals surface area contributed by atoms with Crippen molar-refractivity contribution in [3.05, 3.63) is 23.9 Å². The van der Waals surface area contributed by atoms with E-state index in [1.807, 2.05) is 6.20 Å². The Morgan fingerprint density at radius 3 is 3.13 bits per heavy atom. The van der Waals surface area contributed by atoms with Gasteiger partial charge in [0.2, 0.25) is 0 Å². The molecule has 2 aromatic rings. The molecule has 0 atom stereocenters. The SMILES string of the molecule is CN1CCCc2c1ccc1[nH]cc(N)c21. The quantitative estimate of drug-likeness (QED) is 0.686. The average Bonchev–Trinajstić information content (AvgIpc) is 2.61. The number of nitrogens with two attached hydrogens (primary N) is 1. The molecular formula is C12H15N3. The Kier molecular flexibility index (Phi) is 1.69. The van der Waals surface area contributed by atoms with E-state index in [2.05, 4.69) is 29.1 Å². The van der Waals surface area contributed by atoms with Gasteiger partial charge in [0.15, 0.2) is 0 Å². The Morgan fingerprint density at radius 1 is 1.40 bits per heavy atom. The summed E-state index contributed by atoms with van der Waals surface area (Å²) in [6.07, 6.45) is 4.24. The Balaban J connectivity index is 2.36. The van der Waals surface area contributed by atoms with Gasteiger partial charge < -0.3 is 15.6 Å². The zero-order valence-corrected chi connectivity index (χ0v) is 8.88. The van der Waals surface area contributed by atoms with Crippen molar-refractivity contribution >= 4 is 22.3 Å². The third-order valence-corrected chi connectivity index (χ3v) is 3.29. The third kappa shape index (κ3) is 1.12. The van der Waals surface area contributed by atoms with Crippen LogP contribution < -0.4 is 10.6 Å². The number of nitrogens with zero attached hydrogens (tertiary/aromatic N) is 1. The summed E-state index contributed by atoms with van der Waals surface area (Å²) in [5.74, 6) is 0. The molecule has 0 saturated heterocycles. The Labute approximate surface area is 88.9 Å². The number of aromatic nitrogens is 1. The van der Waals surface area contributed by atoms with Gasteiger partial charge in [-0.2, -0.15) is 0 Å². The van der Waals surface area contributed by atoms with Crippen LogP contribution in [0.4, 0.5) is 11.4 Å². The van der Waals surface area contributed by atoms with E-state index in [0.717, 1.165) is 24.2 Å². The monoisotopic (exact) mass is 201 g/mol. The lowest BCUT2D eigenvalue weighted by Gasteiger charge is -2.28. The van der Waals surface area contributed by atoms with Gasteiger partial charge in [-0.3, -0.25) is 0 Å². The van der Waals surface area contributed by atoms with Crippen LogP contribution in [0.5, 0.6) is 0 Å². The summed E-state index contributed by atoms with van der Waals surface area (Å²) in [5.41, 5.74) is 10.8. The summed E-state index contributed by atoms with van der Waals surface area (Å²) in [7, 11) is 2.15. The van der Waals surface area contributed by atoms with Gasteiger partial charge in [-0.15, -0.1) is 0 Å². The van der Waals surface area contributed by atoms with Crippen LogP contribution in [0.3, 0.4) is 0 Å². The molecule has 1 aliphatic heterocycles. The third-order valence-electron chi connectivity index (χ3n) is 3.29. The molecular weight excluding hydrogens is 186 g/mol. The second kappa shape index (κ2) is 2.92. The summed E-state index contributed by atoms with van der Waals surface area (Å²) in [5, 5.41) is 1.22. The van der Waals surface area contributed by atoms with Crippen LogP contribution in [0.25, 0.3) is 10.9 Å². The highest BCUT2D eigenvalue weighted by molar-refractivity contribution is 5.97. The van der Waals surface area contributed by atoms with E-state index in [-0.39, 0.29) is 0 Å². The van der Waals surface area contributed by atoms with E-state index in [4.69, 9.17) is 5.73 Å². The fourth-order valence-electron chi connectivity index (χ4n) is 2.54. The van der Waals surface area contributed by atoms with Gasteiger partial charge in [0.25, 0.3) is 0 Å². The van der Waals surface area contributed by atoms with Crippen molar-refractivity contribution in [2.75, 3.05) is 24.2 Å². The lowest BCUT2D eigenvalue weighted by atomic mass is 9.98. The highest BCUT2D eigenvalue weighted by Gasteiger charge is 2.17. The Hall–Kier alpha value is -1.64. The zero-order chi connectivity index (χ0) is 10.4. The van der Waals surface area contributed by atoms with Crippen molar-refractivity contribution in [1.29, 1.82) is 0 Å². The summed E-state index contributed by atoms with van der Waals surface area (Å²) in [4.78, 5) is 5.52. The molecule has 0 saturated carbocycles. The smallest absolute Gasteiger partial charge is 0.0575 e. The zero-order valence-electron chi connectivity index (χ0n) is 8.88. The predicted molar refractivity (Wildman–Crippen MR) is 64.3 cm³/mol. The maximum absolute atomic E-state index is 6.00. The molecule has 0 fully saturated rings. The molecule has 3 heteroatoms. The largest absolute Gasteiger partial charge is 0.397 e. The standard InChI is InChI=1S/C12H15N3/c1-15-6-2-3-8-11(15)5-4-10-12(8)9(13)7-14-10/h4-5,7,14H,2-3,6,13H2,1H3. The van der Waals surface area contributed by atoms with Gasteiger partial charge in [0.1, 0.15) is 0 Å². The second-order valence-corrected chi connectivity index (χ2v) is 4.25. The molecule has 3 rings (SSSR count). The number of aromatic amines is 1. The molecule has 2 heterocycles. The van der Waals surface area contributed by atoms with E-state index in [9.17, 15) is 0 Å². The average molecular weight is 201 g/mol. The number of anilines is 2. The van der Waals surface area contributed by atoms with E-state index in [1.165, 1.54) is 23.1 Å². The summed E-state index contributed by atoms with van der Waals surface area (Å²) in [6.45, 7) is 1.14. The fourth-order valence-corrected chi connectivity index (χ4v) is 2.54.